The fourth-order valence-corrected chi connectivity index (χ4v) is 4.95. The predicted octanol–water partition coefficient (Wildman–Crippen LogP) is 3.52. The van der Waals surface area contributed by atoms with E-state index in [0.29, 0.717) is 0 Å². The molecule has 0 unspecified atom stereocenters. The Morgan fingerprint density at radius 3 is 1.95 bits per heavy atom. The van der Waals surface area contributed by atoms with E-state index in [1.165, 1.54) is 75.7 Å². The summed E-state index contributed by atoms with van der Waals surface area (Å²) in [6.07, 6.45) is 14.4. The SMILES string of the molecule is CC(C)CCCCCCCCC[C-]1SCCCS1.[Li+]. The molecule has 0 radical (unpaired) electrons. The Kier molecular flexibility index (Phi) is 15.2. The summed E-state index contributed by atoms with van der Waals surface area (Å²) in [5, 5.41) is 0. The maximum atomic E-state index is 2.33. The summed E-state index contributed by atoms with van der Waals surface area (Å²) < 4.78 is 1.72. The first-order valence-electron chi connectivity index (χ1n) is 7.90. The molecule has 1 aliphatic heterocycles. The molecular formula is C16H31LiS2. The summed E-state index contributed by atoms with van der Waals surface area (Å²) >= 11 is 4.24. The van der Waals surface area contributed by atoms with E-state index in [2.05, 4.69) is 37.4 Å². The third-order valence-corrected chi connectivity index (χ3v) is 6.22. The van der Waals surface area contributed by atoms with Crippen LogP contribution in [0.1, 0.15) is 78.1 Å². The summed E-state index contributed by atoms with van der Waals surface area (Å²) in [5.74, 6) is 3.64. The van der Waals surface area contributed by atoms with E-state index in [1.807, 2.05) is 0 Å². The van der Waals surface area contributed by atoms with Gasteiger partial charge >= 0.3 is 18.9 Å². The average Bonchev–Trinajstić information content (AvgIpc) is 2.37. The first-order valence-corrected chi connectivity index (χ1v) is 9.87. The Labute approximate surface area is 142 Å². The summed E-state index contributed by atoms with van der Waals surface area (Å²) in [6.45, 7) is 4.66. The van der Waals surface area contributed by atoms with Crippen LogP contribution < -0.4 is 18.9 Å². The van der Waals surface area contributed by atoms with E-state index in [-0.39, 0.29) is 18.9 Å². The van der Waals surface area contributed by atoms with E-state index in [4.69, 9.17) is 0 Å². The van der Waals surface area contributed by atoms with Crippen molar-refractivity contribution in [2.75, 3.05) is 11.5 Å². The molecule has 0 aromatic carbocycles. The van der Waals surface area contributed by atoms with Crippen molar-refractivity contribution < 1.29 is 18.9 Å². The van der Waals surface area contributed by atoms with Gasteiger partial charge in [-0.25, -0.2) is 4.58 Å². The van der Waals surface area contributed by atoms with Crippen molar-refractivity contribution in [2.24, 2.45) is 5.92 Å². The first-order chi connectivity index (χ1) is 8.79. The molecule has 3 heteroatoms. The van der Waals surface area contributed by atoms with Gasteiger partial charge in [0.15, 0.2) is 0 Å². The largest absolute Gasteiger partial charge is 1.00 e. The van der Waals surface area contributed by atoms with Crippen molar-refractivity contribution in [2.45, 2.75) is 78.1 Å². The zero-order chi connectivity index (χ0) is 13.1. The van der Waals surface area contributed by atoms with Gasteiger partial charge in [0, 0.05) is 0 Å². The fourth-order valence-electron chi connectivity index (χ4n) is 2.32. The van der Waals surface area contributed by atoms with E-state index < -0.39 is 0 Å². The van der Waals surface area contributed by atoms with Crippen molar-refractivity contribution in [3.63, 3.8) is 0 Å². The van der Waals surface area contributed by atoms with E-state index in [1.54, 1.807) is 4.58 Å². The van der Waals surface area contributed by atoms with Crippen LogP contribution in [0, 0.1) is 10.5 Å². The molecule has 0 atom stereocenters. The molecule has 0 amide bonds. The van der Waals surface area contributed by atoms with Gasteiger partial charge in [0.1, 0.15) is 0 Å². The van der Waals surface area contributed by atoms with Crippen molar-refractivity contribution in [1.82, 2.24) is 0 Å². The van der Waals surface area contributed by atoms with Crippen molar-refractivity contribution in [3.8, 4) is 0 Å². The number of unbranched alkanes of at least 4 members (excludes halogenated alkanes) is 6. The molecule has 1 aliphatic rings. The predicted molar refractivity (Wildman–Crippen MR) is 89.2 cm³/mol. The topological polar surface area (TPSA) is 0 Å². The van der Waals surface area contributed by atoms with Crippen LogP contribution in [0.25, 0.3) is 0 Å². The third kappa shape index (κ3) is 12.7. The van der Waals surface area contributed by atoms with Crippen LogP contribution in [0.15, 0.2) is 0 Å². The second-order valence-corrected chi connectivity index (χ2v) is 8.47. The number of hydrogen-bond acceptors (Lipinski definition) is 2. The van der Waals surface area contributed by atoms with Gasteiger partial charge < -0.3 is 23.5 Å². The molecule has 0 aliphatic carbocycles. The van der Waals surface area contributed by atoms with Gasteiger partial charge in [-0.05, 0) is 23.8 Å². The molecule has 0 spiro atoms. The van der Waals surface area contributed by atoms with Crippen molar-refractivity contribution in [3.05, 3.63) is 4.58 Å². The monoisotopic (exact) mass is 294 g/mol. The Morgan fingerprint density at radius 2 is 1.37 bits per heavy atom. The van der Waals surface area contributed by atoms with Gasteiger partial charge in [-0.3, -0.25) is 0 Å². The molecule has 0 N–H and O–H groups in total. The second kappa shape index (κ2) is 14.2. The summed E-state index contributed by atoms with van der Waals surface area (Å²) in [4.78, 5) is 0. The van der Waals surface area contributed by atoms with Crippen LogP contribution in [0.4, 0.5) is 0 Å². The minimum absolute atomic E-state index is 0. The molecule has 1 rings (SSSR count). The molecule has 19 heavy (non-hydrogen) atoms. The van der Waals surface area contributed by atoms with Crippen LogP contribution in [-0.2, 0) is 0 Å². The number of hydrogen-bond donors (Lipinski definition) is 0. The molecule has 0 saturated carbocycles. The van der Waals surface area contributed by atoms with Gasteiger partial charge in [-0.1, -0.05) is 65.2 Å². The summed E-state index contributed by atoms with van der Waals surface area (Å²) in [6, 6.07) is 0. The number of rotatable bonds is 10. The van der Waals surface area contributed by atoms with Gasteiger partial charge in [-0.2, -0.15) is 6.42 Å². The van der Waals surface area contributed by atoms with Crippen LogP contribution in [0.5, 0.6) is 0 Å². The van der Waals surface area contributed by atoms with Crippen LogP contribution in [-0.4, -0.2) is 11.5 Å². The zero-order valence-electron chi connectivity index (χ0n) is 13.4. The standard InChI is InChI=1S/C16H31S2.Li/c1-15(2)11-8-6-4-3-5-7-9-12-16-17-13-10-14-18-16;/h15H,3-14H2,1-2H3;/q-1;+1. The molecule has 1 saturated heterocycles. The molecule has 0 bridgehead atoms. The summed E-state index contributed by atoms with van der Waals surface area (Å²) in [5.41, 5.74) is 0. The van der Waals surface area contributed by atoms with E-state index in [0.717, 1.165) is 5.92 Å². The summed E-state index contributed by atoms with van der Waals surface area (Å²) in [7, 11) is 0. The van der Waals surface area contributed by atoms with Crippen molar-refractivity contribution in [1.29, 1.82) is 0 Å². The third-order valence-electron chi connectivity index (χ3n) is 3.48. The van der Waals surface area contributed by atoms with Crippen LogP contribution in [0.3, 0.4) is 0 Å². The Balaban J connectivity index is 0.00000324. The average molecular weight is 294 g/mol. The maximum Gasteiger partial charge on any atom is 1.00 e. The van der Waals surface area contributed by atoms with Gasteiger partial charge in [0.05, 0.1) is 0 Å². The Bertz CT molecular complexity index is 180. The van der Waals surface area contributed by atoms with Gasteiger partial charge in [-0.15, -0.1) is 0 Å². The van der Waals surface area contributed by atoms with Gasteiger partial charge in [0.2, 0.25) is 0 Å². The molecule has 108 valence electrons. The normalized spacial score (nSPS) is 16.6. The van der Waals surface area contributed by atoms with Gasteiger partial charge in [0.25, 0.3) is 0 Å². The fraction of sp³-hybridized carbons (Fsp3) is 0.938. The molecule has 0 aromatic rings. The maximum absolute atomic E-state index is 2.33. The van der Waals surface area contributed by atoms with E-state index in [9.17, 15) is 0 Å². The first kappa shape index (κ1) is 20.3. The van der Waals surface area contributed by atoms with E-state index >= 15 is 0 Å². The second-order valence-electron chi connectivity index (χ2n) is 5.83. The molecular weight excluding hydrogens is 263 g/mol. The molecule has 1 fully saturated rings. The Morgan fingerprint density at radius 1 is 0.842 bits per heavy atom. The minimum Gasteiger partial charge on any atom is -0.337 e. The van der Waals surface area contributed by atoms with Crippen molar-refractivity contribution >= 4 is 23.5 Å². The number of thioether (sulfide) groups is 2. The Hall–Kier alpha value is 1.30. The smallest absolute Gasteiger partial charge is 0.337 e. The minimum atomic E-state index is 0. The van der Waals surface area contributed by atoms with Crippen LogP contribution >= 0.6 is 23.5 Å². The molecule has 0 aromatic heterocycles. The molecule has 0 nitrogen and oxygen atoms in total. The molecule has 1 heterocycles. The van der Waals surface area contributed by atoms with Crippen LogP contribution in [0.2, 0.25) is 0 Å². The zero-order valence-corrected chi connectivity index (χ0v) is 15.0. The quantitative estimate of drug-likeness (QED) is 0.343.